The minimum atomic E-state index is 0.291. The summed E-state index contributed by atoms with van der Waals surface area (Å²) in [6, 6.07) is 0. The van der Waals surface area contributed by atoms with Crippen LogP contribution < -0.4 is 10.6 Å². The molecule has 0 aromatic carbocycles. The van der Waals surface area contributed by atoms with E-state index in [-0.39, 0.29) is 0 Å². The van der Waals surface area contributed by atoms with Crippen molar-refractivity contribution in [2.24, 2.45) is 0 Å². The summed E-state index contributed by atoms with van der Waals surface area (Å²) in [5, 5.41) is 0. The lowest BCUT2D eigenvalue weighted by molar-refractivity contribution is 0.122. The number of hydrogen-bond acceptors (Lipinski definition) is 6. The predicted octanol–water partition coefficient (Wildman–Crippen LogP) is 0.265. The molecule has 1 saturated heterocycles. The van der Waals surface area contributed by atoms with Crippen molar-refractivity contribution >= 4 is 22.9 Å². The van der Waals surface area contributed by atoms with E-state index in [1.807, 2.05) is 11.5 Å². The number of morpholine rings is 1. The van der Waals surface area contributed by atoms with Crippen molar-refractivity contribution in [3.05, 3.63) is 6.33 Å². The molecule has 1 aliphatic heterocycles. The highest BCUT2D eigenvalue weighted by Crippen LogP contribution is 2.24. The maximum absolute atomic E-state index is 5.79. The molecular formula is C11H16N6O. The van der Waals surface area contributed by atoms with Crippen molar-refractivity contribution in [1.29, 1.82) is 0 Å². The van der Waals surface area contributed by atoms with E-state index in [1.165, 1.54) is 0 Å². The lowest BCUT2D eigenvalue weighted by atomic mass is 10.3. The molecule has 0 aliphatic carbocycles. The fourth-order valence-electron chi connectivity index (χ4n) is 2.17. The molecule has 1 fully saturated rings. The highest BCUT2D eigenvalue weighted by molar-refractivity contribution is 5.84. The van der Waals surface area contributed by atoms with Crippen LogP contribution in [0.15, 0.2) is 6.33 Å². The topological polar surface area (TPSA) is 82.1 Å². The average molecular weight is 248 g/mol. The van der Waals surface area contributed by atoms with Gasteiger partial charge in [-0.05, 0) is 6.92 Å². The number of aromatic nitrogens is 4. The van der Waals surface area contributed by atoms with Gasteiger partial charge in [-0.2, -0.15) is 9.97 Å². The number of aryl methyl sites for hydroxylation is 1. The van der Waals surface area contributed by atoms with E-state index in [4.69, 9.17) is 10.5 Å². The Morgan fingerprint density at radius 3 is 2.83 bits per heavy atom. The first-order valence-electron chi connectivity index (χ1n) is 6.10. The van der Waals surface area contributed by atoms with Crippen LogP contribution in [-0.4, -0.2) is 45.8 Å². The van der Waals surface area contributed by atoms with Crippen molar-refractivity contribution in [1.82, 2.24) is 19.5 Å². The fourth-order valence-corrected chi connectivity index (χ4v) is 2.17. The van der Waals surface area contributed by atoms with E-state index in [1.54, 1.807) is 6.33 Å². The molecule has 7 heteroatoms. The second kappa shape index (κ2) is 4.41. The highest BCUT2D eigenvalue weighted by atomic mass is 16.5. The largest absolute Gasteiger partial charge is 0.378 e. The smallest absolute Gasteiger partial charge is 0.224 e. The molecule has 96 valence electrons. The number of anilines is 2. The molecule has 7 nitrogen and oxygen atoms in total. The third kappa shape index (κ3) is 1.76. The van der Waals surface area contributed by atoms with Gasteiger partial charge in [0.1, 0.15) is 0 Å². The summed E-state index contributed by atoms with van der Waals surface area (Å²) in [5.41, 5.74) is 7.40. The van der Waals surface area contributed by atoms with Crippen LogP contribution in [0.2, 0.25) is 0 Å². The molecule has 0 atom stereocenters. The summed E-state index contributed by atoms with van der Waals surface area (Å²) in [4.78, 5) is 15.2. The molecule has 0 amide bonds. The second-order valence-electron chi connectivity index (χ2n) is 4.21. The molecule has 3 rings (SSSR count). The predicted molar refractivity (Wildman–Crippen MR) is 68.4 cm³/mol. The van der Waals surface area contributed by atoms with Crippen LogP contribution in [0, 0.1) is 0 Å². The van der Waals surface area contributed by atoms with Crippen LogP contribution >= 0.6 is 0 Å². The summed E-state index contributed by atoms with van der Waals surface area (Å²) in [6.45, 7) is 5.90. The summed E-state index contributed by atoms with van der Waals surface area (Å²) < 4.78 is 7.32. The van der Waals surface area contributed by atoms with Crippen LogP contribution in [0.5, 0.6) is 0 Å². The van der Waals surface area contributed by atoms with Gasteiger partial charge in [-0.25, -0.2) is 4.98 Å². The second-order valence-corrected chi connectivity index (χ2v) is 4.21. The summed E-state index contributed by atoms with van der Waals surface area (Å²) >= 11 is 0. The molecule has 2 aromatic rings. The molecule has 1 aliphatic rings. The summed E-state index contributed by atoms with van der Waals surface area (Å²) in [6.07, 6.45) is 1.78. The van der Waals surface area contributed by atoms with Crippen molar-refractivity contribution in [3.63, 3.8) is 0 Å². The number of nitrogens with zero attached hydrogens (tertiary/aromatic N) is 5. The number of fused-ring (bicyclic) bond motifs is 1. The van der Waals surface area contributed by atoms with Gasteiger partial charge in [0, 0.05) is 19.6 Å². The average Bonchev–Trinajstić information content (AvgIpc) is 2.81. The number of nitrogen functional groups attached to an aromatic ring is 1. The first-order valence-corrected chi connectivity index (χ1v) is 6.10. The van der Waals surface area contributed by atoms with Crippen molar-refractivity contribution in [2.45, 2.75) is 13.5 Å². The standard InChI is InChI=1S/C11H16N6O/c1-2-16-7-13-8-9(16)14-11(12)15-10(8)17-3-5-18-6-4-17/h7H,2-6H2,1H3,(H2,12,14,15). The maximum Gasteiger partial charge on any atom is 0.224 e. The van der Waals surface area contributed by atoms with E-state index in [0.717, 1.165) is 36.6 Å². The molecule has 0 unspecified atom stereocenters. The zero-order chi connectivity index (χ0) is 12.5. The molecule has 0 radical (unpaired) electrons. The van der Waals surface area contributed by atoms with Gasteiger partial charge in [0.25, 0.3) is 0 Å². The Bertz CT molecular complexity index is 560. The first kappa shape index (κ1) is 11.2. The van der Waals surface area contributed by atoms with Crippen LogP contribution in [0.25, 0.3) is 11.2 Å². The van der Waals surface area contributed by atoms with Crippen molar-refractivity contribution in [2.75, 3.05) is 36.9 Å². The van der Waals surface area contributed by atoms with E-state index >= 15 is 0 Å². The summed E-state index contributed by atoms with van der Waals surface area (Å²) in [5.74, 6) is 1.10. The number of ether oxygens (including phenoxy) is 1. The Labute approximate surface area is 105 Å². The van der Waals surface area contributed by atoms with Crippen LogP contribution in [0.1, 0.15) is 6.92 Å². The van der Waals surface area contributed by atoms with Gasteiger partial charge in [-0.15, -0.1) is 0 Å². The minimum Gasteiger partial charge on any atom is -0.378 e. The van der Waals surface area contributed by atoms with Gasteiger partial charge in [0.05, 0.1) is 19.5 Å². The number of rotatable bonds is 2. The first-order chi connectivity index (χ1) is 8.79. The molecule has 0 saturated carbocycles. The number of hydrogen-bond donors (Lipinski definition) is 1. The van der Waals surface area contributed by atoms with E-state index in [2.05, 4.69) is 19.9 Å². The third-order valence-corrected chi connectivity index (χ3v) is 3.11. The zero-order valence-corrected chi connectivity index (χ0v) is 10.3. The Morgan fingerprint density at radius 2 is 2.11 bits per heavy atom. The van der Waals surface area contributed by atoms with Gasteiger partial charge < -0.3 is 19.9 Å². The number of imidazole rings is 1. The molecule has 2 N–H and O–H groups in total. The Hall–Kier alpha value is -1.89. The molecular weight excluding hydrogens is 232 g/mol. The quantitative estimate of drug-likeness (QED) is 0.821. The molecule has 18 heavy (non-hydrogen) atoms. The van der Waals surface area contributed by atoms with Crippen LogP contribution in [-0.2, 0) is 11.3 Å². The fraction of sp³-hybridized carbons (Fsp3) is 0.545. The molecule has 0 bridgehead atoms. The highest BCUT2D eigenvalue weighted by Gasteiger charge is 2.19. The van der Waals surface area contributed by atoms with Gasteiger partial charge in [0.15, 0.2) is 17.0 Å². The Kier molecular flexibility index (Phi) is 2.75. The van der Waals surface area contributed by atoms with Crippen LogP contribution in [0.3, 0.4) is 0 Å². The van der Waals surface area contributed by atoms with Gasteiger partial charge >= 0.3 is 0 Å². The van der Waals surface area contributed by atoms with Crippen molar-refractivity contribution < 1.29 is 4.74 Å². The zero-order valence-electron chi connectivity index (χ0n) is 10.3. The van der Waals surface area contributed by atoms with Gasteiger partial charge in [-0.1, -0.05) is 0 Å². The van der Waals surface area contributed by atoms with Gasteiger partial charge in [-0.3, -0.25) is 0 Å². The molecule has 0 spiro atoms. The molecule has 2 aromatic heterocycles. The maximum atomic E-state index is 5.79. The Morgan fingerprint density at radius 1 is 1.33 bits per heavy atom. The lowest BCUT2D eigenvalue weighted by Crippen LogP contribution is -2.37. The lowest BCUT2D eigenvalue weighted by Gasteiger charge is -2.27. The minimum absolute atomic E-state index is 0.291. The number of nitrogens with two attached hydrogens (primary N) is 1. The van der Waals surface area contributed by atoms with E-state index in [9.17, 15) is 0 Å². The third-order valence-electron chi connectivity index (χ3n) is 3.11. The van der Waals surface area contributed by atoms with E-state index < -0.39 is 0 Å². The molecule has 3 heterocycles. The van der Waals surface area contributed by atoms with E-state index in [0.29, 0.717) is 19.2 Å². The SMILES string of the molecule is CCn1cnc2c(N3CCOCC3)nc(N)nc21. The summed E-state index contributed by atoms with van der Waals surface area (Å²) in [7, 11) is 0. The van der Waals surface area contributed by atoms with Crippen LogP contribution in [0.4, 0.5) is 11.8 Å². The van der Waals surface area contributed by atoms with Crippen molar-refractivity contribution in [3.8, 4) is 0 Å². The van der Waals surface area contributed by atoms with Gasteiger partial charge in [0.2, 0.25) is 5.95 Å². The Balaban J connectivity index is 2.12. The normalized spacial score (nSPS) is 16.4. The monoisotopic (exact) mass is 248 g/mol.